The second kappa shape index (κ2) is 7.23. The number of aryl methyl sites for hydroxylation is 1. The van der Waals surface area contributed by atoms with Gasteiger partial charge in [0, 0.05) is 18.5 Å². The topological polar surface area (TPSA) is 80.5 Å². The van der Waals surface area contributed by atoms with Gasteiger partial charge < -0.3 is 9.32 Å². The van der Waals surface area contributed by atoms with Crippen LogP contribution in [0.3, 0.4) is 0 Å². The fourth-order valence-corrected chi connectivity index (χ4v) is 4.22. The van der Waals surface area contributed by atoms with Gasteiger partial charge in [-0.1, -0.05) is 6.07 Å². The van der Waals surface area contributed by atoms with Gasteiger partial charge in [0.25, 0.3) is 5.91 Å². The Morgan fingerprint density at radius 2 is 2.12 bits per heavy atom. The third-order valence-electron chi connectivity index (χ3n) is 4.57. The summed E-state index contributed by atoms with van der Waals surface area (Å²) in [4.78, 5) is 19.5. The van der Waals surface area contributed by atoms with E-state index in [-0.39, 0.29) is 35.3 Å². The van der Waals surface area contributed by atoms with Crippen molar-refractivity contribution >= 4 is 15.7 Å². The van der Waals surface area contributed by atoms with Crippen LogP contribution in [0.25, 0.3) is 0 Å². The normalized spacial score (nSPS) is 17.2. The predicted molar refractivity (Wildman–Crippen MR) is 98.5 cm³/mol. The highest BCUT2D eigenvalue weighted by atomic mass is 32.2. The van der Waals surface area contributed by atoms with Crippen molar-refractivity contribution < 1.29 is 17.6 Å². The first-order valence-corrected chi connectivity index (χ1v) is 10.8. The van der Waals surface area contributed by atoms with Crippen molar-refractivity contribution in [1.82, 2.24) is 9.88 Å². The van der Waals surface area contributed by atoms with Crippen LogP contribution in [0.1, 0.15) is 60.3 Å². The van der Waals surface area contributed by atoms with Crippen LogP contribution >= 0.6 is 0 Å². The summed E-state index contributed by atoms with van der Waals surface area (Å²) < 4.78 is 28.4. The first-order valence-electron chi connectivity index (χ1n) is 8.79. The minimum Gasteiger partial charge on any atom is -0.455 e. The molecule has 0 spiro atoms. The number of pyridine rings is 1. The molecule has 3 rings (SSSR count). The fraction of sp³-hybridized carbons (Fsp3) is 0.474. The summed E-state index contributed by atoms with van der Waals surface area (Å²) in [6.45, 7) is 3.94. The van der Waals surface area contributed by atoms with E-state index >= 15 is 0 Å². The van der Waals surface area contributed by atoms with Gasteiger partial charge in [0.1, 0.15) is 11.5 Å². The molecule has 1 atom stereocenters. The molecule has 140 valence electrons. The number of hydrogen-bond donors (Lipinski definition) is 0. The molecule has 0 saturated heterocycles. The minimum absolute atomic E-state index is 0.0380. The van der Waals surface area contributed by atoms with Crippen LogP contribution in [-0.2, 0) is 22.0 Å². The monoisotopic (exact) mass is 376 g/mol. The Balaban J connectivity index is 1.91. The molecule has 6 nitrogen and oxygen atoms in total. The van der Waals surface area contributed by atoms with Crippen molar-refractivity contribution in [2.75, 3.05) is 6.26 Å². The highest BCUT2D eigenvalue weighted by Crippen LogP contribution is 2.35. The number of nitrogens with zero attached hydrogens (tertiary/aromatic N) is 2. The largest absolute Gasteiger partial charge is 0.455 e. The quantitative estimate of drug-likeness (QED) is 0.801. The Morgan fingerprint density at radius 1 is 1.35 bits per heavy atom. The smallest absolute Gasteiger partial charge is 0.290 e. The van der Waals surface area contributed by atoms with Crippen molar-refractivity contribution in [3.8, 4) is 0 Å². The summed E-state index contributed by atoms with van der Waals surface area (Å²) in [5, 5.41) is 0. The SMILES string of the molecule is CC(C)N(C(=O)c1ccc(CS(C)(=O)=O)o1)C1CCCc2cccnc21. The highest BCUT2D eigenvalue weighted by molar-refractivity contribution is 7.89. The summed E-state index contributed by atoms with van der Waals surface area (Å²) >= 11 is 0. The molecule has 2 aromatic rings. The van der Waals surface area contributed by atoms with Crippen LogP contribution in [0.4, 0.5) is 0 Å². The van der Waals surface area contributed by atoms with E-state index in [4.69, 9.17) is 4.42 Å². The van der Waals surface area contributed by atoms with E-state index in [1.165, 1.54) is 5.56 Å². The van der Waals surface area contributed by atoms with E-state index in [9.17, 15) is 13.2 Å². The number of sulfone groups is 1. The number of amides is 1. The zero-order chi connectivity index (χ0) is 18.9. The molecule has 7 heteroatoms. The summed E-state index contributed by atoms with van der Waals surface area (Å²) in [6.07, 6.45) is 5.72. The predicted octanol–water partition coefficient (Wildman–Crippen LogP) is 3.15. The molecule has 1 aliphatic rings. The zero-order valence-corrected chi connectivity index (χ0v) is 16.1. The second-order valence-corrected chi connectivity index (χ2v) is 9.24. The van der Waals surface area contributed by atoms with Gasteiger partial charge in [-0.25, -0.2) is 8.42 Å². The molecule has 2 aromatic heterocycles. The molecule has 2 heterocycles. The lowest BCUT2D eigenvalue weighted by atomic mass is 9.90. The van der Waals surface area contributed by atoms with Gasteiger partial charge in [-0.15, -0.1) is 0 Å². The molecule has 0 saturated carbocycles. The standard InChI is InChI=1S/C19H24N2O4S/c1-13(2)21(16-8-4-6-14-7-5-11-20-18(14)16)19(22)17-10-9-15(25-17)12-26(3,23)24/h5,7,9-11,13,16H,4,6,8,12H2,1-3H3. The molecule has 26 heavy (non-hydrogen) atoms. The molecule has 0 N–H and O–H groups in total. The van der Waals surface area contributed by atoms with E-state index in [1.54, 1.807) is 23.2 Å². The molecule has 0 fully saturated rings. The average Bonchev–Trinajstić information content (AvgIpc) is 3.01. The summed E-state index contributed by atoms with van der Waals surface area (Å²) in [5.41, 5.74) is 2.13. The molecular weight excluding hydrogens is 352 g/mol. The number of furan rings is 1. The molecule has 1 unspecified atom stereocenters. The summed E-state index contributed by atoms with van der Waals surface area (Å²) in [5.74, 6) is 0.000795. The number of carbonyl (C=O) groups is 1. The lowest BCUT2D eigenvalue weighted by Crippen LogP contribution is -2.41. The Kier molecular flexibility index (Phi) is 5.18. The van der Waals surface area contributed by atoms with Gasteiger partial charge in [0.15, 0.2) is 15.6 Å². The van der Waals surface area contributed by atoms with Crippen LogP contribution in [0.15, 0.2) is 34.9 Å². The van der Waals surface area contributed by atoms with Crippen molar-refractivity contribution in [1.29, 1.82) is 0 Å². The third kappa shape index (κ3) is 3.98. The van der Waals surface area contributed by atoms with Crippen LogP contribution < -0.4 is 0 Å². The van der Waals surface area contributed by atoms with Crippen LogP contribution in [0.2, 0.25) is 0 Å². The highest BCUT2D eigenvalue weighted by Gasteiger charge is 2.33. The van der Waals surface area contributed by atoms with Crippen molar-refractivity contribution in [3.05, 3.63) is 53.2 Å². The Bertz CT molecular complexity index is 902. The summed E-state index contributed by atoms with van der Waals surface area (Å²) in [7, 11) is -3.22. The van der Waals surface area contributed by atoms with E-state index in [1.807, 2.05) is 19.9 Å². The molecule has 1 aliphatic carbocycles. The zero-order valence-electron chi connectivity index (χ0n) is 15.3. The van der Waals surface area contributed by atoms with Gasteiger partial charge in [-0.05, 0) is 56.9 Å². The van der Waals surface area contributed by atoms with E-state index in [0.717, 1.165) is 31.2 Å². The Hall–Kier alpha value is -2.15. The first-order chi connectivity index (χ1) is 12.3. The maximum absolute atomic E-state index is 13.1. The van der Waals surface area contributed by atoms with Crippen molar-refractivity contribution in [2.45, 2.75) is 50.9 Å². The van der Waals surface area contributed by atoms with Crippen LogP contribution in [0.5, 0.6) is 0 Å². The van der Waals surface area contributed by atoms with Crippen molar-refractivity contribution in [3.63, 3.8) is 0 Å². The number of aromatic nitrogens is 1. The lowest BCUT2D eigenvalue weighted by molar-refractivity contribution is 0.0542. The minimum atomic E-state index is -3.22. The molecular formula is C19H24N2O4S. The Labute approximate surface area is 154 Å². The fourth-order valence-electron chi connectivity index (χ4n) is 3.55. The maximum Gasteiger partial charge on any atom is 0.290 e. The van der Waals surface area contributed by atoms with Gasteiger partial charge >= 0.3 is 0 Å². The Morgan fingerprint density at radius 3 is 2.81 bits per heavy atom. The van der Waals surface area contributed by atoms with Gasteiger partial charge in [0.2, 0.25) is 0 Å². The van der Waals surface area contributed by atoms with Crippen LogP contribution in [-0.4, -0.2) is 36.5 Å². The summed E-state index contributed by atoms with van der Waals surface area (Å²) in [6, 6.07) is 6.96. The van der Waals surface area contributed by atoms with E-state index < -0.39 is 9.84 Å². The van der Waals surface area contributed by atoms with Gasteiger partial charge in [0.05, 0.1) is 11.7 Å². The third-order valence-corrected chi connectivity index (χ3v) is 5.38. The van der Waals surface area contributed by atoms with E-state index in [2.05, 4.69) is 11.1 Å². The van der Waals surface area contributed by atoms with Crippen LogP contribution in [0, 0.1) is 0 Å². The van der Waals surface area contributed by atoms with E-state index in [0.29, 0.717) is 0 Å². The first kappa shape index (κ1) is 18.6. The van der Waals surface area contributed by atoms with Gasteiger partial charge in [-0.2, -0.15) is 0 Å². The molecule has 0 aliphatic heterocycles. The average molecular weight is 376 g/mol. The number of carbonyl (C=O) groups excluding carboxylic acids is 1. The lowest BCUT2D eigenvalue weighted by Gasteiger charge is -2.37. The number of rotatable bonds is 5. The molecule has 0 aromatic carbocycles. The number of fused-ring (bicyclic) bond motifs is 1. The molecule has 0 radical (unpaired) electrons. The molecule has 0 bridgehead atoms. The molecule has 1 amide bonds. The number of hydrogen-bond acceptors (Lipinski definition) is 5. The van der Waals surface area contributed by atoms with Crippen molar-refractivity contribution in [2.24, 2.45) is 0 Å². The van der Waals surface area contributed by atoms with Gasteiger partial charge in [-0.3, -0.25) is 9.78 Å². The maximum atomic E-state index is 13.1. The second-order valence-electron chi connectivity index (χ2n) is 7.10.